The molecule has 0 bridgehead atoms. The topological polar surface area (TPSA) is 148 Å². The Kier molecular flexibility index (Phi) is 7.19. The standard InChI is InChI=1S/C5H15NO7P2.H3N/c1-6(2,3)4-5-12-15(10,11)13-14(7,8)9;/h4-5H2,1-3H3,(H2-,7,8,9,10,11);1H3/p+1. The second-order valence-corrected chi connectivity index (χ2v) is 6.72. The Morgan fingerprint density at radius 2 is 1.56 bits per heavy atom. The van der Waals surface area contributed by atoms with Gasteiger partial charge in [-0.1, -0.05) is 0 Å². The van der Waals surface area contributed by atoms with E-state index in [1.165, 1.54) is 0 Å². The molecular weight excluding hydrogens is 262 g/mol. The van der Waals surface area contributed by atoms with E-state index in [0.717, 1.165) is 0 Å². The third-order valence-electron chi connectivity index (χ3n) is 1.23. The summed E-state index contributed by atoms with van der Waals surface area (Å²) in [4.78, 5) is 25.4. The Hall–Kier alpha value is 0.180. The number of rotatable bonds is 6. The van der Waals surface area contributed by atoms with Crippen LogP contribution in [0.15, 0.2) is 0 Å². The summed E-state index contributed by atoms with van der Waals surface area (Å²) in [5.41, 5.74) is 0. The first kappa shape index (κ1) is 18.5. The normalized spacial score (nSPS) is 16.4. The van der Waals surface area contributed by atoms with Crippen LogP contribution in [0.25, 0.3) is 0 Å². The van der Waals surface area contributed by atoms with E-state index < -0.39 is 15.6 Å². The summed E-state index contributed by atoms with van der Waals surface area (Å²) in [6.07, 6.45) is 0. The van der Waals surface area contributed by atoms with Crippen LogP contribution >= 0.6 is 15.6 Å². The molecule has 100 valence electrons. The van der Waals surface area contributed by atoms with Crippen LogP contribution in [-0.2, 0) is 18.0 Å². The van der Waals surface area contributed by atoms with Crippen molar-refractivity contribution < 1.29 is 37.1 Å². The molecule has 0 aromatic rings. The van der Waals surface area contributed by atoms with Gasteiger partial charge in [0.25, 0.3) is 0 Å². The molecule has 1 atom stereocenters. The van der Waals surface area contributed by atoms with Gasteiger partial charge in [0.05, 0.1) is 21.1 Å². The zero-order chi connectivity index (χ0) is 12.3. The molecule has 0 spiro atoms. The zero-order valence-electron chi connectivity index (χ0n) is 9.44. The number of phosphoric ester groups is 1. The summed E-state index contributed by atoms with van der Waals surface area (Å²) < 4.78 is 29.6. The molecule has 0 aliphatic carbocycles. The summed E-state index contributed by atoms with van der Waals surface area (Å²) in [5, 5.41) is 0. The van der Waals surface area contributed by atoms with Gasteiger partial charge in [0, 0.05) is 0 Å². The van der Waals surface area contributed by atoms with Crippen LogP contribution in [0, 0.1) is 0 Å². The SMILES string of the molecule is C[N+](C)(C)CCOP(=O)(O)OP(=O)(O)O.N. The minimum atomic E-state index is -5.01. The lowest BCUT2D eigenvalue weighted by molar-refractivity contribution is -0.870. The Labute approximate surface area is 94.0 Å². The van der Waals surface area contributed by atoms with E-state index in [1.807, 2.05) is 21.1 Å². The minimum absolute atomic E-state index is 0. The molecule has 0 heterocycles. The van der Waals surface area contributed by atoms with Gasteiger partial charge in [-0.15, -0.1) is 0 Å². The minimum Gasteiger partial charge on any atom is -0.344 e. The van der Waals surface area contributed by atoms with Crippen molar-refractivity contribution in [2.75, 3.05) is 34.3 Å². The van der Waals surface area contributed by atoms with Crippen molar-refractivity contribution in [3.05, 3.63) is 0 Å². The first-order valence-corrected chi connectivity index (χ1v) is 6.99. The lowest BCUT2D eigenvalue weighted by Crippen LogP contribution is -2.37. The molecule has 0 rings (SSSR count). The second kappa shape index (κ2) is 6.20. The van der Waals surface area contributed by atoms with Crippen molar-refractivity contribution in [3.8, 4) is 0 Å². The summed E-state index contributed by atoms with van der Waals surface area (Å²) in [6, 6.07) is 0. The van der Waals surface area contributed by atoms with Gasteiger partial charge >= 0.3 is 15.6 Å². The lowest BCUT2D eigenvalue weighted by atomic mass is 10.5. The molecule has 1 unspecified atom stereocenters. The predicted molar refractivity (Wildman–Crippen MR) is 56.8 cm³/mol. The fourth-order valence-corrected chi connectivity index (χ4v) is 2.16. The monoisotopic (exact) mass is 281 g/mol. The van der Waals surface area contributed by atoms with Crippen molar-refractivity contribution in [3.63, 3.8) is 0 Å². The quantitative estimate of drug-likeness (QED) is 0.395. The molecule has 0 saturated carbocycles. The van der Waals surface area contributed by atoms with E-state index in [1.54, 1.807) is 0 Å². The molecule has 0 saturated heterocycles. The molecule has 0 radical (unpaired) electrons. The largest absolute Gasteiger partial charge is 0.481 e. The van der Waals surface area contributed by atoms with Gasteiger partial charge in [-0.25, -0.2) is 9.13 Å². The summed E-state index contributed by atoms with van der Waals surface area (Å²) in [7, 11) is -4.20. The van der Waals surface area contributed by atoms with Gasteiger partial charge in [-0.3, -0.25) is 4.52 Å². The number of nitrogens with zero attached hydrogens (tertiary/aromatic N) is 1. The first-order valence-electron chi connectivity index (χ1n) is 3.96. The molecule has 0 aliphatic heterocycles. The molecule has 0 aromatic carbocycles. The Morgan fingerprint density at radius 3 is 1.88 bits per heavy atom. The van der Waals surface area contributed by atoms with Crippen LogP contribution in [0.4, 0.5) is 0 Å². The van der Waals surface area contributed by atoms with Crippen LogP contribution < -0.4 is 6.15 Å². The highest BCUT2D eigenvalue weighted by molar-refractivity contribution is 7.60. The van der Waals surface area contributed by atoms with Crippen molar-refractivity contribution in [2.45, 2.75) is 0 Å². The average molecular weight is 281 g/mol. The second-order valence-electron chi connectivity index (χ2n) is 3.89. The summed E-state index contributed by atoms with van der Waals surface area (Å²) in [5.74, 6) is 0. The van der Waals surface area contributed by atoms with E-state index in [4.69, 9.17) is 14.7 Å². The van der Waals surface area contributed by atoms with Crippen LogP contribution in [-0.4, -0.2) is 53.5 Å². The molecular formula is C5H19N2O7P2+. The van der Waals surface area contributed by atoms with Gasteiger partial charge in [-0.2, -0.15) is 4.31 Å². The average Bonchev–Trinajstić information content (AvgIpc) is 1.75. The van der Waals surface area contributed by atoms with Crippen LogP contribution in [0.2, 0.25) is 0 Å². The Balaban J connectivity index is 0. The smallest absolute Gasteiger partial charge is 0.344 e. The van der Waals surface area contributed by atoms with Gasteiger partial charge in [0.1, 0.15) is 13.2 Å². The molecule has 0 fully saturated rings. The van der Waals surface area contributed by atoms with Gasteiger partial charge in [-0.05, 0) is 0 Å². The van der Waals surface area contributed by atoms with Crippen molar-refractivity contribution in [1.82, 2.24) is 6.15 Å². The van der Waals surface area contributed by atoms with Crippen molar-refractivity contribution in [1.29, 1.82) is 0 Å². The van der Waals surface area contributed by atoms with E-state index >= 15 is 0 Å². The van der Waals surface area contributed by atoms with E-state index in [-0.39, 0.29) is 12.8 Å². The van der Waals surface area contributed by atoms with Crippen molar-refractivity contribution in [2.24, 2.45) is 0 Å². The molecule has 9 nitrogen and oxygen atoms in total. The zero-order valence-corrected chi connectivity index (χ0v) is 11.2. The van der Waals surface area contributed by atoms with Crippen LogP contribution in [0.1, 0.15) is 0 Å². The van der Waals surface area contributed by atoms with E-state index in [9.17, 15) is 9.13 Å². The maximum Gasteiger partial charge on any atom is 0.481 e. The third-order valence-corrected chi connectivity index (χ3v) is 3.41. The Morgan fingerprint density at radius 1 is 1.12 bits per heavy atom. The van der Waals surface area contributed by atoms with E-state index in [2.05, 4.69) is 8.83 Å². The molecule has 6 N–H and O–H groups in total. The Bertz CT molecular complexity index is 296. The van der Waals surface area contributed by atoms with Crippen molar-refractivity contribution >= 4 is 15.6 Å². The van der Waals surface area contributed by atoms with Gasteiger partial charge < -0.3 is 25.3 Å². The van der Waals surface area contributed by atoms with Gasteiger partial charge in [0.15, 0.2) is 0 Å². The highest BCUT2D eigenvalue weighted by Crippen LogP contribution is 2.57. The maximum absolute atomic E-state index is 10.9. The fourth-order valence-electron chi connectivity index (χ4n) is 0.588. The van der Waals surface area contributed by atoms with Crippen LogP contribution in [0.3, 0.4) is 0 Å². The molecule has 0 aliphatic rings. The highest BCUT2D eigenvalue weighted by atomic mass is 31.3. The lowest BCUT2D eigenvalue weighted by Gasteiger charge is -2.23. The summed E-state index contributed by atoms with van der Waals surface area (Å²) >= 11 is 0. The molecule has 11 heteroatoms. The van der Waals surface area contributed by atoms with Crippen LogP contribution in [0.5, 0.6) is 0 Å². The number of phosphoric acid groups is 2. The number of hydrogen-bond donors (Lipinski definition) is 4. The molecule has 0 amide bonds. The van der Waals surface area contributed by atoms with Gasteiger partial charge in [0.2, 0.25) is 0 Å². The first-order chi connectivity index (χ1) is 6.41. The van der Waals surface area contributed by atoms with E-state index in [0.29, 0.717) is 11.0 Å². The number of likely N-dealkylation sites (N-methyl/N-ethyl adjacent to an activating group) is 1. The fraction of sp³-hybridized carbons (Fsp3) is 1.00. The third kappa shape index (κ3) is 12.3. The predicted octanol–water partition coefficient (Wildman–Crippen LogP) is 0.0809. The molecule has 16 heavy (non-hydrogen) atoms. The molecule has 0 aromatic heterocycles. The number of quaternary nitrogens is 1. The summed E-state index contributed by atoms with van der Waals surface area (Å²) in [6.45, 7) is 0.256. The number of hydrogen-bond acceptors (Lipinski definition) is 5. The highest BCUT2D eigenvalue weighted by Gasteiger charge is 2.32. The maximum atomic E-state index is 10.9.